The average Bonchev–Trinajstić information content (AvgIpc) is 3.43. The lowest BCUT2D eigenvalue weighted by Crippen LogP contribution is -2.54. The maximum atomic E-state index is 12.1. The Morgan fingerprint density at radius 3 is 2.83 bits per heavy atom. The van der Waals surface area contributed by atoms with E-state index < -0.39 is 10.0 Å². The van der Waals surface area contributed by atoms with Gasteiger partial charge in [0.05, 0.1) is 17.5 Å². The van der Waals surface area contributed by atoms with Crippen molar-refractivity contribution in [2.75, 3.05) is 19.7 Å². The normalized spacial score (nSPS) is 35.4. The van der Waals surface area contributed by atoms with Crippen LogP contribution in [0.4, 0.5) is 0 Å². The monoisotopic (exact) mass is 438 g/mol. The molecule has 7 heteroatoms. The Labute approximate surface area is 179 Å². The molecule has 5 nitrogen and oxygen atoms in total. The van der Waals surface area contributed by atoms with E-state index in [1.54, 1.807) is 4.88 Å². The number of nitrogens with zero attached hydrogens (tertiary/aromatic N) is 1. The van der Waals surface area contributed by atoms with Gasteiger partial charge in [-0.2, -0.15) is 0 Å². The zero-order valence-electron chi connectivity index (χ0n) is 17.7. The van der Waals surface area contributed by atoms with E-state index in [0.717, 1.165) is 71.1 Å². The van der Waals surface area contributed by atoms with Gasteiger partial charge in [0, 0.05) is 41.3 Å². The highest BCUT2D eigenvalue weighted by atomic mass is 32.2. The fourth-order valence-electron chi connectivity index (χ4n) is 5.57. The molecule has 0 amide bonds. The summed E-state index contributed by atoms with van der Waals surface area (Å²) in [7, 11) is -3.04. The van der Waals surface area contributed by atoms with Crippen LogP contribution in [0.25, 0.3) is 0 Å². The molecule has 0 aromatic carbocycles. The molecular formula is C22H34N2O3S2. The summed E-state index contributed by atoms with van der Waals surface area (Å²) in [6.07, 6.45) is 8.00. The smallest absolute Gasteiger partial charge is 0.214 e. The second kappa shape index (κ2) is 7.59. The Kier molecular flexibility index (Phi) is 5.35. The van der Waals surface area contributed by atoms with Crippen molar-refractivity contribution in [3.8, 4) is 0 Å². The van der Waals surface area contributed by atoms with Gasteiger partial charge in [0.1, 0.15) is 0 Å². The lowest BCUT2D eigenvalue weighted by Gasteiger charge is -2.49. The number of hydrogen-bond acceptors (Lipinski definition) is 5. The molecule has 1 aromatic heterocycles. The van der Waals surface area contributed by atoms with E-state index in [0.29, 0.717) is 12.0 Å². The second-order valence-electron chi connectivity index (χ2n) is 9.69. The summed E-state index contributed by atoms with van der Waals surface area (Å²) in [6.45, 7) is 7.61. The van der Waals surface area contributed by atoms with Gasteiger partial charge in [0.25, 0.3) is 0 Å². The Morgan fingerprint density at radius 1 is 1.34 bits per heavy atom. The van der Waals surface area contributed by atoms with E-state index in [-0.39, 0.29) is 16.9 Å². The Morgan fingerprint density at radius 2 is 2.14 bits per heavy atom. The number of piperidine rings is 1. The van der Waals surface area contributed by atoms with Crippen LogP contribution in [-0.2, 0) is 33.2 Å². The molecule has 1 N–H and O–H groups in total. The Hall–Kier alpha value is -0.470. The van der Waals surface area contributed by atoms with Crippen LogP contribution in [0.15, 0.2) is 6.07 Å². The molecule has 1 spiro atoms. The first-order valence-corrected chi connectivity index (χ1v) is 13.8. The maximum Gasteiger partial charge on any atom is 0.214 e. The molecule has 0 bridgehead atoms. The van der Waals surface area contributed by atoms with Gasteiger partial charge >= 0.3 is 0 Å². The quantitative estimate of drug-likeness (QED) is 0.739. The van der Waals surface area contributed by atoms with Crippen molar-refractivity contribution < 1.29 is 13.2 Å². The van der Waals surface area contributed by atoms with Crippen LogP contribution in [-0.4, -0.2) is 50.3 Å². The first-order chi connectivity index (χ1) is 13.9. The van der Waals surface area contributed by atoms with E-state index >= 15 is 0 Å². The molecule has 2 aliphatic heterocycles. The van der Waals surface area contributed by atoms with Crippen molar-refractivity contribution in [3.63, 3.8) is 0 Å². The van der Waals surface area contributed by atoms with Crippen molar-refractivity contribution in [3.05, 3.63) is 21.4 Å². The highest BCUT2D eigenvalue weighted by Crippen LogP contribution is 2.46. The number of thiophene rings is 1. The minimum Gasteiger partial charge on any atom is -0.370 e. The number of fused-ring (bicyclic) bond motifs is 2. The van der Waals surface area contributed by atoms with Gasteiger partial charge in [0.15, 0.2) is 0 Å². The molecule has 0 radical (unpaired) electrons. The largest absolute Gasteiger partial charge is 0.370 e. The molecule has 1 saturated heterocycles. The number of aryl methyl sites for hydroxylation is 1. The van der Waals surface area contributed by atoms with Gasteiger partial charge < -0.3 is 9.64 Å². The summed E-state index contributed by atoms with van der Waals surface area (Å²) in [6, 6.07) is 3.09. The number of nitrogens with one attached hydrogen (secondary N) is 1. The van der Waals surface area contributed by atoms with Gasteiger partial charge in [-0.25, -0.2) is 13.1 Å². The highest BCUT2D eigenvalue weighted by Gasteiger charge is 2.46. The molecule has 5 rings (SSSR count). The summed E-state index contributed by atoms with van der Waals surface area (Å²) in [5.74, 6) is 0.620. The van der Waals surface area contributed by atoms with Crippen LogP contribution in [0.5, 0.6) is 0 Å². The molecule has 162 valence electrons. The van der Waals surface area contributed by atoms with Gasteiger partial charge in [-0.15, -0.1) is 11.3 Å². The van der Waals surface area contributed by atoms with Crippen molar-refractivity contribution in [2.24, 2.45) is 5.92 Å². The third-order valence-electron chi connectivity index (χ3n) is 7.48. The molecule has 1 aromatic rings. The third-order valence-corrected chi connectivity index (χ3v) is 10.8. The van der Waals surface area contributed by atoms with Crippen LogP contribution in [0.1, 0.15) is 67.7 Å². The lowest BCUT2D eigenvalue weighted by molar-refractivity contribution is -0.114. The Balaban J connectivity index is 1.16. The first-order valence-electron chi connectivity index (χ1n) is 11.4. The second-order valence-corrected chi connectivity index (χ2v) is 12.9. The van der Waals surface area contributed by atoms with Crippen LogP contribution in [0.2, 0.25) is 0 Å². The summed E-state index contributed by atoms with van der Waals surface area (Å²) >= 11 is 1.99. The maximum absolute atomic E-state index is 12.1. The van der Waals surface area contributed by atoms with Gasteiger partial charge in [0.2, 0.25) is 10.0 Å². The van der Waals surface area contributed by atoms with E-state index in [2.05, 4.69) is 29.5 Å². The van der Waals surface area contributed by atoms with E-state index in [4.69, 9.17) is 4.74 Å². The summed E-state index contributed by atoms with van der Waals surface area (Å²) < 4.78 is 33.6. The van der Waals surface area contributed by atoms with Gasteiger partial charge in [-0.3, -0.25) is 0 Å². The predicted octanol–water partition coefficient (Wildman–Crippen LogP) is 3.42. The van der Waals surface area contributed by atoms with Crippen LogP contribution >= 0.6 is 11.3 Å². The minimum absolute atomic E-state index is 0.0739. The predicted molar refractivity (Wildman–Crippen MR) is 117 cm³/mol. The molecule has 2 aliphatic carbocycles. The zero-order chi connectivity index (χ0) is 20.2. The fraction of sp³-hybridized carbons (Fsp3) is 0.818. The highest BCUT2D eigenvalue weighted by molar-refractivity contribution is 7.90. The number of sulfonamides is 1. The molecule has 29 heavy (non-hydrogen) atoms. The first kappa shape index (κ1) is 20.4. The number of hydrogen-bond donors (Lipinski definition) is 1. The molecule has 2 saturated carbocycles. The third kappa shape index (κ3) is 3.93. The average molecular weight is 439 g/mol. The Bertz CT molecular complexity index is 857. The van der Waals surface area contributed by atoms with E-state index in [1.165, 1.54) is 10.4 Å². The van der Waals surface area contributed by atoms with Crippen molar-refractivity contribution in [1.82, 2.24) is 9.62 Å². The van der Waals surface area contributed by atoms with Crippen molar-refractivity contribution >= 4 is 21.4 Å². The van der Waals surface area contributed by atoms with E-state index in [1.807, 2.05) is 11.3 Å². The van der Waals surface area contributed by atoms with Crippen LogP contribution < -0.4 is 4.72 Å². The van der Waals surface area contributed by atoms with Crippen LogP contribution in [0.3, 0.4) is 0 Å². The van der Waals surface area contributed by atoms with E-state index in [9.17, 15) is 8.42 Å². The topological polar surface area (TPSA) is 58.6 Å². The van der Waals surface area contributed by atoms with Crippen molar-refractivity contribution in [2.45, 2.75) is 88.1 Å². The molecule has 2 atom stereocenters. The number of likely N-dealkylation sites (tertiary alicyclic amines) is 1. The summed E-state index contributed by atoms with van der Waals surface area (Å²) in [5, 5.41) is -0.106. The summed E-state index contributed by atoms with van der Waals surface area (Å²) in [4.78, 5) is 5.66. The molecule has 0 unspecified atom stereocenters. The van der Waals surface area contributed by atoms with Crippen molar-refractivity contribution in [1.29, 1.82) is 0 Å². The standard InChI is InChI=1S/C22H34N2O3S2/c1-3-18-12-20-21(28-18)6-9-27-22(20)7-8-24(15(2)13-22)14-16-10-17(11-16)23-29(25,26)19-4-5-19/h12,15-17,19,23H,3-11,13-14H2,1-2H3/t15-,16?,17?,22+/m0/s1. The molecule has 3 heterocycles. The number of ether oxygens (including phenoxy) is 1. The zero-order valence-corrected chi connectivity index (χ0v) is 19.3. The fourth-order valence-corrected chi connectivity index (χ4v) is 8.35. The van der Waals surface area contributed by atoms with Crippen LogP contribution in [0, 0.1) is 5.92 Å². The number of rotatable bonds is 6. The molecule has 3 fully saturated rings. The minimum atomic E-state index is -3.04. The van der Waals surface area contributed by atoms with Gasteiger partial charge in [-0.05, 0) is 69.4 Å². The summed E-state index contributed by atoms with van der Waals surface area (Å²) in [5.41, 5.74) is 1.41. The molecule has 4 aliphatic rings. The van der Waals surface area contributed by atoms with Gasteiger partial charge in [-0.1, -0.05) is 6.92 Å². The lowest BCUT2D eigenvalue weighted by atomic mass is 9.77. The SMILES string of the molecule is CCc1cc2c(s1)CCO[C@@]21CCN(CC2CC(NS(=O)(=O)C3CC3)C2)[C@@H](C)C1. The molecular weight excluding hydrogens is 404 g/mol.